The van der Waals surface area contributed by atoms with Gasteiger partial charge in [0, 0.05) is 6.07 Å². The standard InChI is InChI=1S/C14H12Cl2NO2.BrH/c1-19-14(18)10-4-3-7-17(8-10)9-11-12(15)5-2-6-13(11)16;/h2-8H,9H2,1H3;1H/q+1;/p-1. The second-order valence-corrected chi connectivity index (χ2v) is 4.77. The van der Waals surface area contributed by atoms with Gasteiger partial charge in [-0.3, -0.25) is 0 Å². The highest BCUT2D eigenvalue weighted by Crippen LogP contribution is 2.23. The van der Waals surface area contributed by atoms with Crippen molar-refractivity contribution in [2.75, 3.05) is 7.11 Å². The Hall–Kier alpha value is -1.10. The van der Waals surface area contributed by atoms with Crippen LogP contribution in [0.3, 0.4) is 0 Å². The summed E-state index contributed by atoms with van der Waals surface area (Å²) in [6.07, 6.45) is 3.54. The first kappa shape index (κ1) is 17.0. The van der Waals surface area contributed by atoms with E-state index in [4.69, 9.17) is 23.2 Å². The van der Waals surface area contributed by atoms with Gasteiger partial charge in [0.2, 0.25) is 0 Å². The minimum Gasteiger partial charge on any atom is -1.00 e. The number of carbonyl (C=O) groups is 1. The van der Waals surface area contributed by atoms with Gasteiger partial charge in [-0.05, 0) is 18.2 Å². The summed E-state index contributed by atoms with van der Waals surface area (Å²) in [5.41, 5.74) is 1.30. The number of aromatic nitrogens is 1. The van der Waals surface area contributed by atoms with Gasteiger partial charge in [-0.1, -0.05) is 29.3 Å². The van der Waals surface area contributed by atoms with Gasteiger partial charge in [-0.2, -0.15) is 4.57 Å². The first-order chi connectivity index (χ1) is 9.11. The Bertz CT molecular complexity index is 600. The summed E-state index contributed by atoms with van der Waals surface area (Å²) in [6, 6.07) is 8.83. The maximum Gasteiger partial charge on any atom is 0.343 e. The highest BCUT2D eigenvalue weighted by atomic mass is 79.9. The summed E-state index contributed by atoms with van der Waals surface area (Å²) in [5, 5.41) is 1.20. The van der Waals surface area contributed by atoms with Crippen molar-refractivity contribution in [2.24, 2.45) is 0 Å². The van der Waals surface area contributed by atoms with Gasteiger partial charge in [0.15, 0.2) is 18.9 Å². The van der Waals surface area contributed by atoms with Gasteiger partial charge in [0.25, 0.3) is 0 Å². The molecule has 6 heteroatoms. The molecule has 20 heavy (non-hydrogen) atoms. The second-order valence-electron chi connectivity index (χ2n) is 3.96. The molecule has 2 rings (SSSR count). The van der Waals surface area contributed by atoms with E-state index < -0.39 is 0 Å². The van der Waals surface area contributed by atoms with Crippen LogP contribution in [0, 0.1) is 0 Å². The van der Waals surface area contributed by atoms with Crippen LogP contribution >= 0.6 is 23.2 Å². The first-order valence-electron chi connectivity index (χ1n) is 5.62. The number of benzene rings is 1. The normalized spacial score (nSPS) is 9.75. The van der Waals surface area contributed by atoms with E-state index in [0.717, 1.165) is 5.56 Å². The van der Waals surface area contributed by atoms with Gasteiger partial charge in [0.1, 0.15) is 5.56 Å². The molecule has 0 aliphatic rings. The molecule has 0 radical (unpaired) electrons. The lowest BCUT2D eigenvalue weighted by Crippen LogP contribution is -3.00. The fourth-order valence-corrected chi connectivity index (χ4v) is 2.24. The smallest absolute Gasteiger partial charge is 0.343 e. The van der Waals surface area contributed by atoms with Gasteiger partial charge < -0.3 is 21.7 Å². The summed E-state index contributed by atoms with van der Waals surface area (Å²) in [7, 11) is 1.35. The average molecular weight is 377 g/mol. The lowest BCUT2D eigenvalue weighted by molar-refractivity contribution is -0.688. The number of hydrogen-bond acceptors (Lipinski definition) is 2. The van der Waals surface area contributed by atoms with Crippen LogP contribution in [-0.2, 0) is 11.3 Å². The molecule has 0 unspecified atom stereocenters. The molecule has 0 spiro atoms. The third kappa shape index (κ3) is 3.95. The number of rotatable bonds is 3. The quantitative estimate of drug-likeness (QED) is 0.562. The molecule has 0 N–H and O–H groups in total. The minimum absolute atomic E-state index is 0. The van der Waals surface area contributed by atoms with E-state index in [2.05, 4.69) is 4.74 Å². The molecule has 1 aromatic carbocycles. The van der Waals surface area contributed by atoms with Gasteiger partial charge in [-0.25, -0.2) is 4.79 Å². The van der Waals surface area contributed by atoms with Crippen LogP contribution in [0.2, 0.25) is 10.0 Å². The molecule has 0 atom stereocenters. The molecule has 0 saturated heterocycles. The Kier molecular flexibility index (Phi) is 6.46. The highest BCUT2D eigenvalue weighted by molar-refractivity contribution is 6.35. The van der Waals surface area contributed by atoms with Crippen LogP contribution in [0.1, 0.15) is 15.9 Å². The van der Waals surface area contributed by atoms with Crippen molar-refractivity contribution in [1.82, 2.24) is 0 Å². The van der Waals surface area contributed by atoms with E-state index in [9.17, 15) is 4.79 Å². The maximum absolute atomic E-state index is 11.5. The number of hydrogen-bond donors (Lipinski definition) is 0. The van der Waals surface area contributed by atoms with Gasteiger partial charge >= 0.3 is 5.97 Å². The summed E-state index contributed by atoms with van der Waals surface area (Å²) in [5.74, 6) is -0.375. The van der Waals surface area contributed by atoms with Crippen molar-refractivity contribution in [3.8, 4) is 0 Å². The lowest BCUT2D eigenvalue weighted by atomic mass is 10.2. The van der Waals surface area contributed by atoms with Crippen LogP contribution in [0.5, 0.6) is 0 Å². The van der Waals surface area contributed by atoms with Crippen LogP contribution in [-0.4, -0.2) is 13.1 Å². The van der Waals surface area contributed by atoms with Crippen molar-refractivity contribution >= 4 is 29.2 Å². The molecule has 0 fully saturated rings. The molecule has 0 bridgehead atoms. The number of carbonyl (C=O) groups excluding carboxylic acids is 1. The number of pyridine rings is 1. The molecule has 3 nitrogen and oxygen atoms in total. The van der Waals surface area contributed by atoms with E-state index in [1.54, 1.807) is 36.5 Å². The van der Waals surface area contributed by atoms with E-state index >= 15 is 0 Å². The zero-order valence-electron chi connectivity index (χ0n) is 10.6. The Balaban J connectivity index is 0.00000200. The fourth-order valence-electron chi connectivity index (χ4n) is 1.72. The minimum atomic E-state index is -0.375. The molecule has 1 heterocycles. The molecular formula is C14H12BrCl2NO2. The van der Waals surface area contributed by atoms with Crippen molar-refractivity contribution in [1.29, 1.82) is 0 Å². The number of halogens is 3. The average Bonchev–Trinajstić information content (AvgIpc) is 2.42. The SMILES string of the molecule is COC(=O)c1ccc[n+](Cc2c(Cl)cccc2Cl)c1.[Br-]. The second kappa shape index (κ2) is 7.62. The van der Waals surface area contributed by atoms with E-state index in [1.807, 2.05) is 10.8 Å². The van der Waals surface area contributed by atoms with Gasteiger partial charge in [-0.15, -0.1) is 0 Å². The molecule has 0 aliphatic heterocycles. The van der Waals surface area contributed by atoms with Crippen LogP contribution in [0.25, 0.3) is 0 Å². The topological polar surface area (TPSA) is 30.2 Å². The molecule has 1 aromatic heterocycles. The third-order valence-electron chi connectivity index (χ3n) is 2.68. The first-order valence-corrected chi connectivity index (χ1v) is 6.37. The molecule has 2 aromatic rings. The number of methoxy groups -OCH3 is 1. The third-order valence-corrected chi connectivity index (χ3v) is 3.39. The zero-order valence-corrected chi connectivity index (χ0v) is 13.7. The van der Waals surface area contributed by atoms with Crippen molar-refractivity contribution in [3.63, 3.8) is 0 Å². The van der Waals surface area contributed by atoms with Crippen LogP contribution in [0.15, 0.2) is 42.7 Å². The molecule has 106 valence electrons. The lowest BCUT2D eigenvalue weighted by Gasteiger charge is -2.04. The predicted octanol–water partition coefficient (Wildman–Crippen LogP) is 0.120. The summed E-state index contributed by atoms with van der Waals surface area (Å²) in [6.45, 7) is 0.489. The molecule has 0 amide bonds. The fraction of sp³-hybridized carbons (Fsp3) is 0.143. The maximum atomic E-state index is 11.5. The zero-order chi connectivity index (χ0) is 13.8. The predicted molar refractivity (Wildman–Crippen MR) is 73.5 cm³/mol. The molecule has 0 aliphatic carbocycles. The summed E-state index contributed by atoms with van der Waals surface area (Å²) >= 11 is 12.2. The number of ether oxygens (including phenoxy) is 1. The summed E-state index contributed by atoms with van der Waals surface area (Å²) < 4.78 is 6.52. The Morgan fingerprint density at radius 1 is 1.20 bits per heavy atom. The van der Waals surface area contributed by atoms with E-state index in [0.29, 0.717) is 22.2 Å². The highest BCUT2D eigenvalue weighted by Gasteiger charge is 2.14. The van der Waals surface area contributed by atoms with Gasteiger partial charge in [0.05, 0.1) is 22.7 Å². The monoisotopic (exact) mass is 375 g/mol. The Morgan fingerprint density at radius 2 is 1.85 bits per heavy atom. The van der Waals surface area contributed by atoms with E-state index in [-0.39, 0.29) is 23.0 Å². The van der Waals surface area contributed by atoms with Crippen LogP contribution in [0.4, 0.5) is 0 Å². The molecule has 0 saturated carbocycles. The molecular weight excluding hydrogens is 365 g/mol. The number of nitrogens with zero attached hydrogens (tertiary/aromatic N) is 1. The Morgan fingerprint density at radius 3 is 2.45 bits per heavy atom. The van der Waals surface area contributed by atoms with Crippen molar-refractivity contribution in [2.45, 2.75) is 6.54 Å². The van der Waals surface area contributed by atoms with Crippen LogP contribution < -0.4 is 21.5 Å². The largest absolute Gasteiger partial charge is 1.00 e. The van der Waals surface area contributed by atoms with Crippen molar-refractivity contribution in [3.05, 3.63) is 63.9 Å². The van der Waals surface area contributed by atoms with Crippen molar-refractivity contribution < 1.29 is 31.1 Å². The Labute approximate surface area is 137 Å². The summed E-state index contributed by atoms with van der Waals surface area (Å²) in [4.78, 5) is 11.5. The number of esters is 1. The van der Waals surface area contributed by atoms with E-state index in [1.165, 1.54) is 7.11 Å².